The van der Waals surface area contributed by atoms with Gasteiger partial charge in [-0.05, 0) is 45.0 Å². The van der Waals surface area contributed by atoms with Crippen LogP contribution in [-0.4, -0.2) is 17.2 Å². The van der Waals surface area contributed by atoms with Gasteiger partial charge in [0.05, 0.1) is 12.4 Å². The van der Waals surface area contributed by atoms with E-state index in [0.29, 0.717) is 18.4 Å². The minimum absolute atomic E-state index is 0.0936. The van der Waals surface area contributed by atoms with Gasteiger partial charge in [-0.25, -0.2) is 9.37 Å². The van der Waals surface area contributed by atoms with Crippen LogP contribution in [0.1, 0.15) is 26.3 Å². The Morgan fingerprint density at radius 1 is 1.26 bits per heavy atom. The summed E-state index contributed by atoms with van der Waals surface area (Å²) >= 11 is 6.07. The summed E-state index contributed by atoms with van der Waals surface area (Å²) in [7, 11) is 0. The number of fused-ring (bicyclic) bond motifs is 1. The second-order valence-electron chi connectivity index (χ2n) is 6.78. The van der Waals surface area contributed by atoms with Crippen molar-refractivity contribution in [3.8, 4) is 0 Å². The van der Waals surface area contributed by atoms with E-state index in [9.17, 15) is 4.39 Å². The van der Waals surface area contributed by atoms with Gasteiger partial charge in [0.25, 0.3) is 0 Å². The molecule has 2 aromatic rings. The summed E-state index contributed by atoms with van der Waals surface area (Å²) in [6.07, 6.45) is 1.80. The third-order valence-corrected chi connectivity index (χ3v) is 4.25. The van der Waals surface area contributed by atoms with Crippen LogP contribution in [-0.2, 0) is 6.54 Å². The monoisotopic (exact) mass is 334 g/mol. The van der Waals surface area contributed by atoms with E-state index in [0.717, 1.165) is 16.9 Å². The average molecular weight is 335 g/mol. The lowest BCUT2D eigenvalue weighted by Crippen LogP contribution is -2.51. The first kappa shape index (κ1) is 15.9. The van der Waals surface area contributed by atoms with Gasteiger partial charge in [-0.3, -0.25) is 0 Å². The van der Waals surface area contributed by atoms with Crippen molar-refractivity contribution in [2.45, 2.75) is 32.9 Å². The lowest BCUT2D eigenvalue weighted by molar-refractivity contribution is 0.482. The molecule has 4 nitrogen and oxygen atoms in total. The fourth-order valence-corrected chi connectivity index (χ4v) is 2.95. The molecule has 0 unspecified atom stereocenters. The Kier molecular flexibility index (Phi) is 3.84. The smallest absolute Gasteiger partial charge is 0.146 e. The fraction of sp³-hybridized carbons (Fsp3) is 0.353. The molecule has 2 N–H and O–H groups in total. The van der Waals surface area contributed by atoms with Gasteiger partial charge in [0, 0.05) is 35.2 Å². The molecule has 1 aromatic heterocycles. The van der Waals surface area contributed by atoms with Crippen molar-refractivity contribution >= 4 is 28.7 Å². The number of rotatable bonds is 1. The maximum Gasteiger partial charge on any atom is 0.146 e. The molecule has 6 heteroatoms. The zero-order valence-electron chi connectivity index (χ0n) is 13.5. The summed E-state index contributed by atoms with van der Waals surface area (Å²) in [6.45, 7) is 7.79. The molecule has 0 aliphatic carbocycles. The standard InChI is InChI=1S/C17H20ClFN4/c1-17(2,3)23-10-22(12-4-5-13(19)14(20)6-12)9-11-8-21-16(18)7-15(11)23/h4-8H,9-10,20H2,1-3H3. The average Bonchev–Trinajstić information content (AvgIpc) is 2.48. The van der Waals surface area contributed by atoms with Crippen molar-refractivity contribution in [1.29, 1.82) is 0 Å². The third-order valence-electron chi connectivity index (χ3n) is 4.05. The number of nitrogens with zero attached hydrogens (tertiary/aromatic N) is 3. The molecule has 1 aromatic carbocycles. The normalized spacial score (nSPS) is 14.8. The molecule has 0 radical (unpaired) electrons. The van der Waals surface area contributed by atoms with Crippen molar-refractivity contribution in [2.75, 3.05) is 22.2 Å². The predicted octanol–water partition coefficient (Wildman–Crippen LogP) is 4.04. The van der Waals surface area contributed by atoms with Crippen LogP contribution < -0.4 is 15.5 Å². The van der Waals surface area contributed by atoms with Gasteiger partial charge in [0.2, 0.25) is 0 Å². The molecule has 0 spiro atoms. The number of nitrogens with two attached hydrogens (primary N) is 1. The molecular formula is C17H20ClFN4. The first-order valence-corrected chi connectivity index (χ1v) is 7.85. The molecule has 1 aliphatic heterocycles. The van der Waals surface area contributed by atoms with Crippen LogP contribution in [0.2, 0.25) is 5.15 Å². The lowest BCUT2D eigenvalue weighted by atomic mass is 10.0. The Labute approximate surface area is 140 Å². The first-order valence-electron chi connectivity index (χ1n) is 7.48. The molecule has 3 rings (SSSR count). The van der Waals surface area contributed by atoms with Crippen LogP contribution in [0.5, 0.6) is 0 Å². The summed E-state index contributed by atoms with van der Waals surface area (Å²) in [5, 5.41) is 0.484. The Morgan fingerprint density at radius 3 is 2.65 bits per heavy atom. The summed E-state index contributed by atoms with van der Waals surface area (Å²) in [6, 6.07) is 6.73. The van der Waals surface area contributed by atoms with Crippen LogP contribution in [0.25, 0.3) is 0 Å². The molecule has 1 aliphatic rings. The van der Waals surface area contributed by atoms with Crippen LogP contribution >= 0.6 is 11.6 Å². The first-order chi connectivity index (χ1) is 10.8. The van der Waals surface area contributed by atoms with Crippen LogP contribution in [0.3, 0.4) is 0 Å². The minimum Gasteiger partial charge on any atom is -0.396 e. The van der Waals surface area contributed by atoms with Crippen LogP contribution in [0, 0.1) is 5.82 Å². The number of benzene rings is 1. The van der Waals surface area contributed by atoms with Gasteiger partial charge in [-0.15, -0.1) is 0 Å². The Morgan fingerprint density at radius 2 is 2.00 bits per heavy atom. The van der Waals surface area contributed by atoms with Crippen molar-refractivity contribution in [1.82, 2.24) is 4.98 Å². The van der Waals surface area contributed by atoms with Crippen molar-refractivity contribution in [3.63, 3.8) is 0 Å². The molecule has 0 atom stereocenters. The van der Waals surface area contributed by atoms with E-state index >= 15 is 0 Å². The van der Waals surface area contributed by atoms with Crippen LogP contribution in [0.15, 0.2) is 30.5 Å². The van der Waals surface area contributed by atoms with Gasteiger partial charge in [-0.1, -0.05) is 11.6 Å². The highest BCUT2D eigenvalue weighted by Crippen LogP contribution is 2.36. The number of hydrogen-bond donors (Lipinski definition) is 1. The van der Waals surface area contributed by atoms with E-state index in [1.165, 1.54) is 6.07 Å². The van der Waals surface area contributed by atoms with Gasteiger partial charge in [-0.2, -0.15) is 0 Å². The molecule has 23 heavy (non-hydrogen) atoms. The Hall–Kier alpha value is -2.01. The number of nitrogen functional groups attached to an aromatic ring is 1. The third kappa shape index (κ3) is 3.06. The Balaban J connectivity index is 2.03. The van der Waals surface area contributed by atoms with E-state index in [2.05, 4.69) is 35.6 Å². The van der Waals surface area contributed by atoms with Crippen molar-refractivity contribution < 1.29 is 4.39 Å². The second kappa shape index (κ2) is 5.57. The zero-order valence-corrected chi connectivity index (χ0v) is 14.2. The minimum atomic E-state index is -0.396. The summed E-state index contributed by atoms with van der Waals surface area (Å²) < 4.78 is 13.4. The lowest BCUT2D eigenvalue weighted by Gasteiger charge is -2.46. The molecule has 0 amide bonds. The maximum absolute atomic E-state index is 13.4. The topological polar surface area (TPSA) is 45.4 Å². The summed E-state index contributed by atoms with van der Waals surface area (Å²) in [5.74, 6) is -0.396. The highest BCUT2D eigenvalue weighted by atomic mass is 35.5. The number of pyridine rings is 1. The van der Waals surface area contributed by atoms with Gasteiger partial charge >= 0.3 is 0 Å². The molecule has 122 valence electrons. The van der Waals surface area contributed by atoms with Gasteiger partial charge in [0.1, 0.15) is 11.0 Å². The van der Waals surface area contributed by atoms with Gasteiger partial charge < -0.3 is 15.5 Å². The van der Waals surface area contributed by atoms with E-state index in [-0.39, 0.29) is 11.2 Å². The SMILES string of the molecule is CC(C)(C)N1CN(c2ccc(F)c(N)c2)Cc2cnc(Cl)cc21. The highest BCUT2D eigenvalue weighted by molar-refractivity contribution is 6.29. The fourth-order valence-electron chi connectivity index (χ4n) is 2.80. The number of aromatic nitrogens is 1. The number of anilines is 3. The molecule has 0 saturated heterocycles. The summed E-state index contributed by atoms with van der Waals surface area (Å²) in [5.41, 5.74) is 8.84. The maximum atomic E-state index is 13.4. The highest BCUT2D eigenvalue weighted by Gasteiger charge is 2.30. The predicted molar refractivity (Wildman–Crippen MR) is 93.3 cm³/mol. The van der Waals surface area contributed by atoms with E-state index in [4.69, 9.17) is 17.3 Å². The van der Waals surface area contributed by atoms with E-state index in [1.54, 1.807) is 18.3 Å². The van der Waals surface area contributed by atoms with Crippen molar-refractivity contribution in [3.05, 3.63) is 47.0 Å². The molecular weight excluding hydrogens is 315 g/mol. The zero-order chi connectivity index (χ0) is 16.8. The van der Waals surface area contributed by atoms with Gasteiger partial charge in [0.15, 0.2) is 0 Å². The van der Waals surface area contributed by atoms with E-state index < -0.39 is 5.82 Å². The number of halogens is 2. The molecule has 2 heterocycles. The molecule has 0 fully saturated rings. The van der Waals surface area contributed by atoms with Crippen molar-refractivity contribution in [2.24, 2.45) is 0 Å². The number of hydrogen-bond acceptors (Lipinski definition) is 4. The second-order valence-corrected chi connectivity index (χ2v) is 7.17. The largest absolute Gasteiger partial charge is 0.396 e. The summed E-state index contributed by atoms with van der Waals surface area (Å²) in [4.78, 5) is 8.61. The molecule has 0 saturated carbocycles. The van der Waals surface area contributed by atoms with Crippen LogP contribution in [0.4, 0.5) is 21.5 Å². The Bertz CT molecular complexity index is 742. The molecule has 0 bridgehead atoms. The van der Waals surface area contributed by atoms with E-state index in [1.807, 2.05) is 6.07 Å². The quantitative estimate of drug-likeness (QED) is 0.631.